The first-order valence-electron chi connectivity index (χ1n) is 13.1. The number of aliphatic imine (C=N–C) groups is 1. The van der Waals surface area contributed by atoms with Crippen LogP contribution in [-0.4, -0.2) is 81.9 Å². The number of nitrogens with two attached hydrogens (primary N) is 1. The number of nitrogens with zero attached hydrogens (tertiary/aromatic N) is 6. The van der Waals surface area contributed by atoms with Gasteiger partial charge in [0.2, 0.25) is 5.95 Å². The number of allylic oxidation sites excluding steroid dienone is 1. The Labute approximate surface area is 244 Å². The van der Waals surface area contributed by atoms with E-state index in [1.807, 2.05) is 0 Å². The maximum atomic E-state index is 14.5. The van der Waals surface area contributed by atoms with Gasteiger partial charge in [-0.15, -0.1) is 11.3 Å². The molecule has 0 saturated heterocycles. The molecule has 3 aromatic heterocycles. The van der Waals surface area contributed by atoms with Crippen LogP contribution in [-0.2, 0) is 9.53 Å². The number of esters is 1. The first-order chi connectivity index (χ1) is 20.1. The molecular weight excluding hydrogens is 570 g/mol. The van der Waals surface area contributed by atoms with Gasteiger partial charge in [0.05, 0.1) is 43.8 Å². The molecule has 0 aromatic carbocycles. The molecule has 12 nitrogen and oxygen atoms in total. The van der Waals surface area contributed by atoms with E-state index in [9.17, 15) is 23.2 Å². The summed E-state index contributed by atoms with van der Waals surface area (Å²) in [5.41, 5.74) is 5.90. The number of carbonyl (C=O) groups is 3. The Hall–Kier alpha value is -4.37. The minimum Gasteiger partial charge on any atom is -0.468 e. The Balaban J connectivity index is 1.51. The SMILES string of the molecule is COC(=O)CN(C)CC(=O)n1cc(-c2nc(C(=O)N/C(C=NC3CCCCC3)=C(/N)c3nc(F)ccc3F)cs2)cn1. The van der Waals surface area contributed by atoms with Crippen LogP contribution in [0.4, 0.5) is 8.78 Å². The lowest BCUT2D eigenvalue weighted by molar-refractivity contribution is -0.141. The number of ether oxygens (including phenoxy) is 1. The van der Waals surface area contributed by atoms with Crippen LogP contribution >= 0.6 is 11.3 Å². The molecule has 42 heavy (non-hydrogen) atoms. The van der Waals surface area contributed by atoms with Gasteiger partial charge in [-0.3, -0.25) is 24.3 Å². The molecule has 1 amide bonds. The number of hydrogen-bond acceptors (Lipinski definition) is 11. The normalized spacial score (nSPS) is 14.7. The molecule has 3 N–H and O–H groups in total. The Morgan fingerprint density at radius 1 is 1.21 bits per heavy atom. The van der Waals surface area contributed by atoms with Crippen molar-refractivity contribution in [2.24, 2.45) is 10.7 Å². The molecule has 222 valence electrons. The zero-order valence-electron chi connectivity index (χ0n) is 23.0. The smallest absolute Gasteiger partial charge is 0.319 e. The van der Waals surface area contributed by atoms with E-state index in [1.54, 1.807) is 7.05 Å². The van der Waals surface area contributed by atoms with Crippen LogP contribution < -0.4 is 11.1 Å². The molecule has 0 unspecified atom stereocenters. The molecule has 1 aliphatic carbocycles. The number of nitrogens with one attached hydrogen (secondary N) is 1. The van der Waals surface area contributed by atoms with Gasteiger partial charge < -0.3 is 15.8 Å². The van der Waals surface area contributed by atoms with E-state index in [0.29, 0.717) is 10.6 Å². The number of pyridine rings is 1. The van der Waals surface area contributed by atoms with E-state index in [2.05, 4.69) is 30.1 Å². The van der Waals surface area contributed by atoms with Crippen molar-refractivity contribution in [3.05, 3.63) is 58.8 Å². The van der Waals surface area contributed by atoms with E-state index < -0.39 is 29.3 Å². The second-order valence-electron chi connectivity index (χ2n) is 9.67. The van der Waals surface area contributed by atoms with E-state index in [-0.39, 0.29) is 42.1 Å². The van der Waals surface area contributed by atoms with Gasteiger partial charge in [-0.2, -0.15) is 9.49 Å². The summed E-state index contributed by atoms with van der Waals surface area (Å²) in [6.07, 6.45) is 9.17. The number of hydrogen-bond donors (Lipinski definition) is 2. The number of halogens is 2. The summed E-state index contributed by atoms with van der Waals surface area (Å²) in [7, 11) is 2.86. The molecular formula is C27H30F2N8O4S. The van der Waals surface area contributed by atoms with Gasteiger partial charge in [0.1, 0.15) is 16.4 Å². The third-order valence-corrected chi connectivity index (χ3v) is 7.34. The molecule has 0 atom stereocenters. The zero-order valence-corrected chi connectivity index (χ0v) is 23.9. The number of methoxy groups -OCH3 is 1. The third-order valence-electron chi connectivity index (χ3n) is 6.45. The van der Waals surface area contributed by atoms with Gasteiger partial charge in [-0.1, -0.05) is 19.3 Å². The lowest BCUT2D eigenvalue weighted by Gasteiger charge is -2.18. The fraction of sp³-hybridized carbons (Fsp3) is 0.370. The lowest BCUT2D eigenvalue weighted by Crippen LogP contribution is -2.34. The first kappa shape index (κ1) is 30.6. The Kier molecular flexibility index (Phi) is 10.2. The number of amides is 1. The van der Waals surface area contributed by atoms with Crippen molar-refractivity contribution >= 4 is 41.0 Å². The van der Waals surface area contributed by atoms with Crippen LogP contribution in [0.3, 0.4) is 0 Å². The molecule has 3 aromatic rings. The van der Waals surface area contributed by atoms with Crippen LogP contribution in [0.5, 0.6) is 0 Å². The van der Waals surface area contributed by atoms with E-state index >= 15 is 0 Å². The van der Waals surface area contributed by atoms with E-state index in [0.717, 1.165) is 60.3 Å². The average Bonchev–Trinajstić information content (AvgIpc) is 3.67. The minimum absolute atomic E-state index is 0.0224. The first-order valence-corrected chi connectivity index (χ1v) is 14.0. The predicted octanol–water partition coefficient (Wildman–Crippen LogP) is 2.89. The van der Waals surface area contributed by atoms with Crippen LogP contribution in [0.2, 0.25) is 0 Å². The molecule has 4 rings (SSSR count). The van der Waals surface area contributed by atoms with Crippen molar-refractivity contribution in [2.75, 3.05) is 27.2 Å². The van der Waals surface area contributed by atoms with Crippen LogP contribution in [0.15, 0.2) is 40.6 Å². The average molecular weight is 601 g/mol. The molecule has 1 saturated carbocycles. The molecule has 0 bridgehead atoms. The van der Waals surface area contributed by atoms with E-state index in [1.165, 1.54) is 36.0 Å². The number of likely N-dealkylation sites (N-methyl/N-ethyl adjacent to an activating group) is 1. The fourth-order valence-electron chi connectivity index (χ4n) is 4.22. The van der Waals surface area contributed by atoms with Crippen molar-refractivity contribution in [3.63, 3.8) is 0 Å². The van der Waals surface area contributed by atoms with Crippen molar-refractivity contribution in [3.8, 4) is 10.6 Å². The molecule has 15 heteroatoms. The second kappa shape index (κ2) is 14.0. The van der Waals surface area contributed by atoms with Gasteiger partial charge in [0, 0.05) is 23.4 Å². The summed E-state index contributed by atoms with van der Waals surface area (Å²) < 4.78 is 34.0. The molecule has 0 aliphatic heterocycles. The van der Waals surface area contributed by atoms with Crippen LogP contribution in [0.25, 0.3) is 16.3 Å². The van der Waals surface area contributed by atoms with Crippen molar-refractivity contribution in [1.29, 1.82) is 0 Å². The van der Waals surface area contributed by atoms with E-state index in [4.69, 9.17) is 5.73 Å². The van der Waals surface area contributed by atoms with Crippen molar-refractivity contribution in [1.82, 2.24) is 30.0 Å². The van der Waals surface area contributed by atoms with Gasteiger partial charge in [-0.05, 0) is 32.0 Å². The largest absolute Gasteiger partial charge is 0.468 e. The van der Waals surface area contributed by atoms with Crippen LogP contribution in [0.1, 0.15) is 53.1 Å². The summed E-state index contributed by atoms with van der Waals surface area (Å²) in [5, 5.41) is 8.59. The minimum atomic E-state index is -0.928. The molecule has 0 radical (unpaired) electrons. The third kappa shape index (κ3) is 7.88. The lowest BCUT2D eigenvalue weighted by atomic mass is 9.96. The standard InChI is InChI=1S/C27H30F2N8O4S/c1-36(14-23(39)41-2)13-22(38)37-12-16(10-32-37)27-34-20(15-42-27)26(40)33-19(11-31-17-6-4-3-5-7-17)24(30)25-18(28)8-9-21(29)35-25/h8-12,15,17H,3-7,13-14,30H2,1-2H3,(H,33,40)/b24-19+,31-11?. The summed E-state index contributed by atoms with van der Waals surface area (Å²) in [4.78, 5) is 51.0. The molecule has 1 aliphatic rings. The summed E-state index contributed by atoms with van der Waals surface area (Å²) >= 11 is 1.14. The monoisotopic (exact) mass is 600 g/mol. The molecule has 0 spiro atoms. The highest BCUT2D eigenvalue weighted by Gasteiger charge is 2.20. The summed E-state index contributed by atoms with van der Waals surface area (Å²) in [6.45, 7) is -0.142. The zero-order chi connectivity index (χ0) is 30.2. The number of rotatable bonds is 10. The number of carbonyl (C=O) groups excluding carboxylic acids is 3. The molecule has 3 heterocycles. The van der Waals surface area contributed by atoms with Crippen molar-refractivity contribution < 1.29 is 27.9 Å². The Morgan fingerprint density at radius 3 is 2.71 bits per heavy atom. The predicted molar refractivity (Wildman–Crippen MR) is 152 cm³/mol. The highest BCUT2D eigenvalue weighted by Crippen LogP contribution is 2.24. The summed E-state index contributed by atoms with van der Waals surface area (Å²) in [6, 6.07) is 1.79. The Bertz CT molecular complexity index is 1510. The Morgan fingerprint density at radius 2 is 1.98 bits per heavy atom. The maximum absolute atomic E-state index is 14.5. The topological polar surface area (TPSA) is 158 Å². The molecule has 1 fully saturated rings. The summed E-state index contributed by atoms with van der Waals surface area (Å²) in [5.74, 6) is -3.30. The van der Waals surface area contributed by atoms with Gasteiger partial charge in [0.25, 0.3) is 11.8 Å². The van der Waals surface area contributed by atoms with Crippen LogP contribution in [0, 0.1) is 11.8 Å². The highest BCUT2D eigenvalue weighted by atomic mass is 32.1. The number of thiazole rings is 1. The quantitative estimate of drug-likeness (QED) is 0.203. The maximum Gasteiger partial charge on any atom is 0.319 e. The highest BCUT2D eigenvalue weighted by molar-refractivity contribution is 7.13. The van der Waals surface area contributed by atoms with Gasteiger partial charge in [-0.25, -0.2) is 19.0 Å². The van der Waals surface area contributed by atoms with Crippen molar-refractivity contribution in [2.45, 2.75) is 38.1 Å². The number of aromatic nitrogens is 4. The van der Waals surface area contributed by atoms with Gasteiger partial charge >= 0.3 is 5.97 Å². The second-order valence-corrected chi connectivity index (χ2v) is 10.5. The fourth-order valence-corrected chi connectivity index (χ4v) is 5.00. The van der Waals surface area contributed by atoms with Gasteiger partial charge in [0.15, 0.2) is 5.82 Å².